The van der Waals surface area contributed by atoms with Crippen LogP contribution >= 0.6 is 0 Å². The number of esters is 1. The van der Waals surface area contributed by atoms with Crippen molar-refractivity contribution in [1.29, 1.82) is 0 Å². The third kappa shape index (κ3) is 4.33. The molecule has 18 heavy (non-hydrogen) atoms. The lowest BCUT2D eigenvalue weighted by Crippen LogP contribution is -2.30. The molecule has 1 rings (SSSR count). The third-order valence-electron chi connectivity index (χ3n) is 2.23. The number of allylic oxidation sites excluding steroid dienone is 3. The Morgan fingerprint density at radius 1 is 1.44 bits per heavy atom. The van der Waals surface area contributed by atoms with E-state index in [2.05, 4.69) is 0 Å². The fraction of sp³-hybridized carbons (Fsp3) is 0.462. The van der Waals surface area contributed by atoms with E-state index in [1.165, 1.54) is 0 Å². The van der Waals surface area contributed by atoms with Crippen molar-refractivity contribution in [2.75, 3.05) is 0 Å². The van der Waals surface area contributed by atoms with Crippen molar-refractivity contribution in [3.8, 4) is 0 Å². The molecule has 0 aromatic heterocycles. The molecular weight excluding hydrogens is 234 g/mol. The van der Waals surface area contributed by atoms with Gasteiger partial charge in [0.15, 0.2) is 0 Å². The van der Waals surface area contributed by atoms with Gasteiger partial charge >= 0.3 is 5.97 Å². The zero-order valence-corrected chi connectivity index (χ0v) is 10.8. The quantitative estimate of drug-likeness (QED) is 0.314. The first-order valence-electron chi connectivity index (χ1n) is 5.86. The van der Waals surface area contributed by atoms with Crippen LogP contribution in [-0.4, -0.2) is 23.7 Å². The molecule has 0 unspecified atom stereocenters. The summed E-state index contributed by atoms with van der Waals surface area (Å²) in [6.07, 6.45) is 7.83. The lowest BCUT2D eigenvalue weighted by Gasteiger charge is -2.23. The normalized spacial score (nSPS) is 16.1. The molecule has 0 saturated carbocycles. The van der Waals surface area contributed by atoms with Crippen LogP contribution in [0.4, 0.5) is 0 Å². The van der Waals surface area contributed by atoms with Crippen LogP contribution in [0.1, 0.15) is 27.2 Å². The standard InChI is InChI=1S/C13H18NO4/c1-10(2)13(16)17-11(3)18-14(9-15)12-7-5-4-6-8-12/h4-5,7-11H,6H2,1-3H3/t11-/m1/s1. The molecule has 1 aliphatic rings. The van der Waals surface area contributed by atoms with E-state index in [-0.39, 0.29) is 11.9 Å². The third-order valence-corrected chi connectivity index (χ3v) is 2.23. The van der Waals surface area contributed by atoms with Gasteiger partial charge in [-0.25, -0.2) is 4.84 Å². The summed E-state index contributed by atoms with van der Waals surface area (Å²) in [5, 5.41) is 1.06. The first-order chi connectivity index (χ1) is 8.54. The van der Waals surface area contributed by atoms with Crippen LogP contribution in [0.15, 0.2) is 23.9 Å². The summed E-state index contributed by atoms with van der Waals surface area (Å²) in [5.74, 6) is -0.598. The summed E-state index contributed by atoms with van der Waals surface area (Å²) < 4.78 is 5.01. The van der Waals surface area contributed by atoms with Gasteiger partial charge in [-0.3, -0.25) is 9.59 Å². The van der Waals surface area contributed by atoms with Gasteiger partial charge in [-0.2, -0.15) is 5.06 Å². The SMILES string of the molecule is CC(C)C(=O)O[C@@H](C)ON(C=O)C1=CC[CH]C=C1. The van der Waals surface area contributed by atoms with E-state index in [4.69, 9.17) is 9.57 Å². The van der Waals surface area contributed by atoms with E-state index in [1.54, 1.807) is 26.8 Å². The zero-order chi connectivity index (χ0) is 13.5. The topological polar surface area (TPSA) is 55.8 Å². The molecule has 0 fully saturated rings. The van der Waals surface area contributed by atoms with E-state index in [1.807, 2.05) is 18.6 Å². The Morgan fingerprint density at radius 3 is 2.67 bits per heavy atom. The fourth-order valence-corrected chi connectivity index (χ4v) is 1.29. The average molecular weight is 252 g/mol. The molecule has 99 valence electrons. The number of ether oxygens (including phenoxy) is 1. The smallest absolute Gasteiger partial charge is 0.310 e. The number of amides is 1. The Hall–Kier alpha value is -1.62. The van der Waals surface area contributed by atoms with Crippen LogP contribution in [-0.2, 0) is 19.2 Å². The number of nitrogens with zero attached hydrogens (tertiary/aromatic N) is 1. The highest BCUT2D eigenvalue weighted by molar-refractivity contribution is 5.71. The first kappa shape index (κ1) is 14.4. The Labute approximate surface area is 107 Å². The fourth-order valence-electron chi connectivity index (χ4n) is 1.29. The highest BCUT2D eigenvalue weighted by Gasteiger charge is 2.18. The first-order valence-corrected chi connectivity index (χ1v) is 5.86. The van der Waals surface area contributed by atoms with Crippen molar-refractivity contribution in [3.63, 3.8) is 0 Å². The summed E-state index contributed by atoms with van der Waals surface area (Å²) in [4.78, 5) is 27.5. The molecular formula is C13H18NO4. The minimum Gasteiger partial charge on any atom is -0.434 e. The molecule has 0 heterocycles. The minimum absolute atomic E-state index is 0.232. The summed E-state index contributed by atoms with van der Waals surface area (Å²) in [6, 6.07) is 0. The second-order valence-corrected chi connectivity index (χ2v) is 4.16. The van der Waals surface area contributed by atoms with E-state index in [0.717, 1.165) is 11.5 Å². The Bertz CT molecular complexity index is 360. The molecule has 1 aliphatic carbocycles. The van der Waals surface area contributed by atoms with Crippen LogP contribution in [0, 0.1) is 12.3 Å². The molecule has 0 N–H and O–H groups in total. The van der Waals surface area contributed by atoms with E-state index in [9.17, 15) is 9.59 Å². The van der Waals surface area contributed by atoms with Gasteiger partial charge in [0.05, 0.1) is 11.6 Å². The van der Waals surface area contributed by atoms with Crippen molar-refractivity contribution in [3.05, 3.63) is 30.3 Å². The van der Waals surface area contributed by atoms with Crippen molar-refractivity contribution in [2.24, 2.45) is 5.92 Å². The highest BCUT2D eigenvalue weighted by atomic mass is 16.8. The van der Waals surface area contributed by atoms with Crippen LogP contribution < -0.4 is 0 Å². The monoisotopic (exact) mass is 252 g/mol. The molecule has 5 heteroatoms. The lowest BCUT2D eigenvalue weighted by atomic mass is 10.1. The summed E-state index contributed by atoms with van der Waals surface area (Å²) in [5.41, 5.74) is 0.625. The van der Waals surface area contributed by atoms with Gasteiger partial charge < -0.3 is 4.74 Å². The highest BCUT2D eigenvalue weighted by Crippen LogP contribution is 2.14. The van der Waals surface area contributed by atoms with Crippen molar-refractivity contribution in [2.45, 2.75) is 33.5 Å². The molecule has 0 spiro atoms. The molecule has 0 aromatic carbocycles. The Balaban J connectivity index is 2.52. The predicted octanol–water partition coefficient (Wildman–Crippen LogP) is 1.97. The van der Waals surface area contributed by atoms with E-state index in [0.29, 0.717) is 12.1 Å². The van der Waals surface area contributed by atoms with Gasteiger partial charge in [0.1, 0.15) is 0 Å². The number of carbonyl (C=O) groups excluding carboxylic acids is 2. The van der Waals surface area contributed by atoms with Crippen molar-refractivity contribution >= 4 is 12.4 Å². The Morgan fingerprint density at radius 2 is 2.17 bits per heavy atom. The average Bonchev–Trinajstić information content (AvgIpc) is 2.36. The molecule has 1 amide bonds. The maximum Gasteiger partial charge on any atom is 0.310 e. The lowest BCUT2D eigenvalue weighted by molar-refractivity contribution is -0.240. The zero-order valence-electron chi connectivity index (χ0n) is 10.8. The van der Waals surface area contributed by atoms with Gasteiger partial charge in [0.2, 0.25) is 12.7 Å². The number of carbonyl (C=O) groups is 2. The summed E-state index contributed by atoms with van der Waals surface area (Å²) >= 11 is 0. The van der Waals surface area contributed by atoms with Gasteiger partial charge in [0, 0.05) is 6.92 Å². The second-order valence-electron chi connectivity index (χ2n) is 4.16. The molecule has 5 nitrogen and oxygen atoms in total. The molecule has 0 aliphatic heterocycles. The molecule has 0 saturated heterocycles. The number of hydroxylamine groups is 2. The van der Waals surface area contributed by atoms with Crippen LogP contribution in [0.25, 0.3) is 0 Å². The van der Waals surface area contributed by atoms with Gasteiger partial charge in [0.25, 0.3) is 0 Å². The maximum absolute atomic E-state index is 11.4. The molecule has 0 bridgehead atoms. The van der Waals surface area contributed by atoms with Crippen molar-refractivity contribution < 1.29 is 19.2 Å². The number of hydrogen-bond acceptors (Lipinski definition) is 4. The molecule has 1 radical (unpaired) electrons. The maximum atomic E-state index is 11.4. The molecule has 1 atom stereocenters. The largest absolute Gasteiger partial charge is 0.434 e. The number of rotatable bonds is 6. The van der Waals surface area contributed by atoms with Crippen molar-refractivity contribution in [1.82, 2.24) is 5.06 Å². The van der Waals surface area contributed by atoms with Gasteiger partial charge in [-0.05, 0) is 18.9 Å². The second kappa shape index (κ2) is 6.96. The number of hydrogen-bond donors (Lipinski definition) is 0. The molecule has 0 aromatic rings. The van der Waals surface area contributed by atoms with Crippen LogP contribution in [0.5, 0.6) is 0 Å². The minimum atomic E-state index is -0.815. The van der Waals surface area contributed by atoms with E-state index < -0.39 is 6.29 Å². The van der Waals surface area contributed by atoms with E-state index >= 15 is 0 Å². The summed E-state index contributed by atoms with van der Waals surface area (Å²) in [6.45, 7) is 5.03. The Kier molecular flexibility index (Phi) is 5.58. The summed E-state index contributed by atoms with van der Waals surface area (Å²) in [7, 11) is 0. The predicted molar refractivity (Wildman–Crippen MR) is 65.5 cm³/mol. The van der Waals surface area contributed by atoms with Gasteiger partial charge in [-0.15, -0.1) is 0 Å². The van der Waals surface area contributed by atoms with Crippen LogP contribution in [0.3, 0.4) is 0 Å². The van der Waals surface area contributed by atoms with Crippen LogP contribution in [0.2, 0.25) is 0 Å². The van der Waals surface area contributed by atoms with Gasteiger partial charge in [-0.1, -0.05) is 26.0 Å².